The van der Waals surface area contributed by atoms with E-state index < -0.39 is 4.92 Å². The van der Waals surface area contributed by atoms with Gasteiger partial charge in [0.25, 0.3) is 0 Å². The Morgan fingerprint density at radius 3 is 2.52 bits per heavy atom. The van der Waals surface area contributed by atoms with Crippen molar-refractivity contribution in [3.63, 3.8) is 0 Å². The first-order valence-electron chi connectivity index (χ1n) is 8.88. The van der Waals surface area contributed by atoms with Crippen LogP contribution < -0.4 is 0 Å². The van der Waals surface area contributed by atoms with E-state index in [1.165, 1.54) is 45.6 Å². The molecule has 1 aromatic carbocycles. The predicted molar refractivity (Wildman–Crippen MR) is 108 cm³/mol. The van der Waals surface area contributed by atoms with E-state index in [0.29, 0.717) is 0 Å². The summed E-state index contributed by atoms with van der Waals surface area (Å²) in [7, 11) is 2.16. The smallest absolute Gasteiger partial charge is 0.322 e. The van der Waals surface area contributed by atoms with Gasteiger partial charge in [0.1, 0.15) is 0 Å². The maximum Gasteiger partial charge on any atom is 0.699 e. The third-order valence-electron chi connectivity index (χ3n) is 5.13. The normalized spacial score (nSPS) is 15.8. The Bertz CT molecular complexity index is 1100. The highest BCUT2D eigenvalue weighted by atomic mass is 16.6. The minimum atomic E-state index is -0.447. The summed E-state index contributed by atoms with van der Waals surface area (Å²) in [5.41, 5.74) is 10.4. The van der Waals surface area contributed by atoms with Crippen LogP contribution in [0.5, 0.6) is 0 Å². The number of nitro groups is 1. The van der Waals surface area contributed by atoms with Gasteiger partial charge in [-0.3, -0.25) is 14.6 Å². The summed E-state index contributed by atoms with van der Waals surface area (Å²) in [6.45, 7) is 8.52. The molecule has 0 unspecified atom stereocenters. The lowest BCUT2D eigenvalue weighted by Gasteiger charge is -2.20. The summed E-state index contributed by atoms with van der Waals surface area (Å²) >= 11 is 0. The zero-order chi connectivity index (χ0) is 19.3. The Balaban J connectivity index is 1.91. The molecular weight excluding hydrogens is 337 g/mol. The maximum atomic E-state index is 10.5. The lowest BCUT2D eigenvalue weighted by atomic mass is 9.89. The molecule has 0 saturated carbocycles. The molecule has 0 spiro atoms. The zero-order valence-electron chi connectivity index (χ0n) is 15.9. The van der Waals surface area contributed by atoms with E-state index in [4.69, 9.17) is 0 Å². The molecule has 0 amide bonds. The van der Waals surface area contributed by atoms with E-state index in [1.807, 2.05) is 24.3 Å². The second kappa shape index (κ2) is 6.23. The largest absolute Gasteiger partial charge is 0.699 e. The molecule has 0 N–H and O–H groups in total. The van der Waals surface area contributed by atoms with Gasteiger partial charge in [-0.05, 0) is 43.5 Å². The Morgan fingerprint density at radius 1 is 1.15 bits per heavy atom. The second-order valence-corrected chi connectivity index (χ2v) is 7.09. The number of hydrogen-bond acceptors (Lipinski definition) is 2. The van der Waals surface area contributed by atoms with Gasteiger partial charge in [-0.15, -0.1) is 0 Å². The van der Waals surface area contributed by atoms with Crippen LogP contribution in [0.25, 0.3) is 11.6 Å². The van der Waals surface area contributed by atoms with E-state index in [2.05, 4.69) is 56.4 Å². The minimum absolute atomic E-state index is 0.447. The van der Waals surface area contributed by atoms with Gasteiger partial charge in [-0.25, -0.2) is 0 Å². The number of aryl methyl sites for hydroxylation is 2. The molecule has 0 fully saturated rings. The van der Waals surface area contributed by atoms with Crippen molar-refractivity contribution in [3.05, 3.63) is 92.1 Å². The number of aromatic nitrogens is 1. The fraction of sp³-hybridized carbons (Fsp3) is 0.190. The number of allylic oxidation sites excluding steroid dienone is 2. The molecule has 0 bridgehead atoms. The first-order valence-corrected chi connectivity index (χ1v) is 8.88. The van der Waals surface area contributed by atoms with Crippen molar-refractivity contribution in [3.8, 4) is 0 Å². The van der Waals surface area contributed by atoms with Crippen molar-refractivity contribution in [1.82, 2.24) is 4.48 Å². The van der Waals surface area contributed by atoms with Crippen LogP contribution >= 0.6 is 0 Å². The van der Waals surface area contributed by atoms with Crippen molar-refractivity contribution in [2.24, 2.45) is 0 Å². The van der Waals surface area contributed by atoms with Crippen LogP contribution in [0.4, 0.5) is 0 Å². The molecular formula is C21H20BN3O2+. The van der Waals surface area contributed by atoms with Crippen LogP contribution in [-0.2, 0) is 0 Å². The third-order valence-corrected chi connectivity index (χ3v) is 5.13. The number of hydrogen-bond donors (Lipinski definition) is 0. The first kappa shape index (κ1) is 17.3. The van der Waals surface area contributed by atoms with Gasteiger partial charge in [0.2, 0.25) is 6.20 Å². The monoisotopic (exact) mass is 357 g/mol. The number of rotatable bonds is 3. The molecule has 1 aromatic heterocycles. The number of fused-ring (bicyclic) bond motifs is 2. The third kappa shape index (κ3) is 2.77. The average molecular weight is 357 g/mol. The predicted octanol–water partition coefficient (Wildman–Crippen LogP) is 3.94. The topological polar surface area (TPSA) is 51.1 Å². The van der Waals surface area contributed by atoms with E-state index >= 15 is 0 Å². The average Bonchev–Trinajstić information content (AvgIpc) is 3.08. The number of benzene rings is 1. The summed E-state index contributed by atoms with van der Waals surface area (Å²) in [6.07, 6.45) is 4.69. The van der Waals surface area contributed by atoms with Crippen molar-refractivity contribution in [2.45, 2.75) is 27.7 Å². The number of nitrogens with zero attached hydrogens (tertiary/aromatic N) is 3. The standard InChI is InChI=1S/C21H20BN3O2/c1-13-11-15(3)24-20(13)19(21-14(2)12-16(4)25(21)22-24)18-7-5-17(6-8-18)9-10-23(26)27/h5-12H,1-4H3/q+1/b10-9+. The van der Waals surface area contributed by atoms with Crippen LogP contribution in [0.1, 0.15) is 41.9 Å². The molecule has 27 heavy (non-hydrogen) atoms. The van der Waals surface area contributed by atoms with Crippen molar-refractivity contribution in [2.75, 3.05) is 0 Å². The summed E-state index contributed by atoms with van der Waals surface area (Å²) in [5, 5.41) is 10.5. The highest BCUT2D eigenvalue weighted by molar-refractivity contribution is 6.29. The Morgan fingerprint density at radius 2 is 1.85 bits per heavy atom. The molecule has 3 heterocycles. The van der Waals surface area contributed by atoms with Crippen molar-refractivity contribution in [1.29, 1.82) is 0 Å². The molecule has 0 aliphatic carbocycles. The molecule has 6 heteroatoms. The highest BCUT2D eigenvalue weighted by Gasteiger charge is 2.39. The van der Waals surface area contributed by atoms with Gasteiger partial charge >= 0.3 is 7.55 Å². The fourth-order valence-electron chi connectivity index (χ4n) is 3.98. The van der Waals surface area contributed by atoms with Gasteiger partial charge in [-0.1, -0.05) is 24.3 Å². The van der Waals surface area contributed by atoms with Crippen molar-refractivity contribution >= 4 is 24.9 Å². The molecule has 4 rings (SSSR count). The van der Waals surface area contributed by atoms with Crippen LogP contribution in [-0.4, -0.2) is 27.1 Å². The summed E-state index contributed by atoms with van der Waals surface area (Å²) in [4.78, 5) is 10.1. The molecule has 5 nitrogen and oxygen atoms in total. The van der Waals surface area contributed by atoms with Gasteiger partial charge < -0.3 is 4.48 Å². The highest BCUT2D eigenvalue weighted by Crippen LogP contribution is 2.38. The van der Waals surface area contributed by atoms with E-state index in [-0.39, 0.29) is 0 Å². The van der Waals surface area contributed by atoms with Gasteiger partial charge in [0.15, 0.2) is 11.4 Å². The van der Waals surface area contributed by atoms with Gasteiger partial charge in [0.05, 0.1) is 16.2 Å². The van der Waals surface area contributed by atoms with Crippen LogP contribution in [0.15, 0.2) is 53.9 Å². The van der Waals surface area contributed by atoms with E-state index in [0.717, 1.165) is 17.3 Å². The molecule has 0 atom stereocenters. The lowest BCUT2D eigenvalue weighted by molar-refractivity contribution is -0.400. The molecule has 0 saturated heterocycles. The van der Waals surface area contributed by atoms with Crippen LogP contribution in [0.3, 0.4) is 0 Å². The van der Waals surface area contributed by atoms with Gasteiger partial charge in [-0.2, -0.15) is 0 Å². The summed E-state index contributed by atoms with van der Waals surface area (Å²) < 4.78 is 4.48. The zero-order valence-corrected chi connectivity index (χ0v) is 15.9. The van der Waals surface area contributed by atoms with Crippen LogP contribution in [0.2, 0.25) is 0 Å². The Kier molecular flexibility index (Phi) is 3.99. The molecule has 133 valence electrons. The maximum absolute atomic E-state index is 10.5. The SMILES string of the molecule is CC1=CC(C)=[N+]2[B]n3c(C)cc(C)c3C(c3ccc(/C=C/[N+](=O)[O-])cc3)=C12. The fourth-order valence-corrected chi connectivity index (χ4v) is 3.98. The molecule has 2 aliphatic heterocycles. The second-order valence-electron chi connectivity index (χ2n) is 7.09. The molecule has 2 aliphatic rings. The van der Waals surface area contributed by atoms with E-state index in [1.54, 1.807) is 0 Å². The quantitative estimate of drug-likeness (QED) is 0.475. The lowest BCUT2D eigenvalue weighted by Crippen LogP contribution is -2.32. The summed E-state index contributed by atoms with van der Waals surface area (Å²) in [6, 6.07) is 10.1. The van der Waals surface area contributed by atoms with E-state index in [9.17, 15) is 10.1 Å². The molecule has 1 radical (unpaired) electrons. The minimum Gasteiger partial charge on any atom is -0.322 e. The first-order chi connectivity index (χ1) is 12.9. The Labute approximate surface area is 159 Å². The summed E-state index contributed by atoms with van der Waals surface area (Å²) in [5.74, 6) is 0. The van der Waals surface area contributed by atoms with Crippen molar-refractivity contribution < 1.29 is 9.41 Å². The van der Waals surface area contributed by atoms with Crippen LogP contribution in [0, 0.1) is 24.0 Å². The Hall–Kier alpha value is -3.15. The van der Waals surface area contributed by atoms with Gasteiger partial charge in [0, 0.05) is 30.3 Å². The molecule has 2 aromatic rings.